The van der Waals surface area contributed by atoms with E-state index in [1.165, 1.54) is 17.6 Å². The highest BCUT2D eigenvalue weighted by atomic mass is 32.1. The van der Waals surface area contributed by atoms with Crippen molar-refractivity contribution in [1.29, 1.82) is 0 Å². The maximum Gasteiger partial charge on any atom is 0.293 e. The largest absolute Gasteiger partial charge is 0.459 e. The second-order valence-electron chi connectivity index (χ2n) is 3.88. The highest BCUT2D eigenvalue weighted by molar-refractivity contribution is 7.15. The highest BCUT2D eigenvalue weighted by Gasteiger charge is 2.22. The molecule has 1 aliphatic heterocycles. The van der Waals surface area contributed by atoms with Crippen molar-refractivity contribution < 1.29 is 13.9 Å². The van der Waals surface area contributed by atoms with Gasteiger partial charge in [0.25, 0.3) is 5.91 Å². The number of nitrogens with zero attached hydrogens (tertiary/aromatic N) is 2. The molecule has 0 saturated carbocycles. The number of anilines is 1. The average molecular weight is 265 g/mol. The van der Waals surface area contributed by atoms with Crippen molar-refractivity contribution in [3.05, 3.63) is 29.2 Å². The summed E-state index contributed by atoms with van der Waals surface area (Å²) in [4.78, 5) is 11.7. The van der Waals surface area contributed by atoms with Crippen LogP contribution in [-0.2, 0) is 4.74 Å². The summed E-state index contributed by atoms with van der Waals surface area (Å²) >= 11 is 1.33. The van der Waals surface area contributed by atoms with Gasteiger partial charge in [-0.3, -0.25) is 10.1 Å². The van der Waals surface area contributed by atoms with Crippen LogP contribution in [0.15, 0.2) is 22.8 Å². The molecule has 0 aliphatic carbocycles. The molecule has 1 saturated heterocycles. The Morgan fingerprint density at radius 1 is 1.50 bits per heavy atom. The average Bonchev–Trinajstić information content (AvgIpc) is 3.12. The molecule has 3 rings (SSSR count). The highest BCUT2D eigenvalue weighted by Crippen LogP contribution is 2.31. The zero-order valence-corrected chi connectivity index (χ0v) is 10.3. The van der Waals surface area contributed by atoms with Gasteiger partial charge in [-0.1, -0.05) is 11.3 Å². The number of carbonyl (C=O) groups is 1. The van der Waals surface area contributed by atoms with E-state index < -0.39 is 0 Å². The summed E-state index contributed by atoms with van der Waals surface area (Å²) in [5, 5.41) is 11.9. The normalized spacial score (nSPS) is 19.0. The molecule has 2 aromatic heterocycles. The monoisotopic (exact) mass is 265 g/mol. The Morgan fingerprint density at radius 2 is 2.44 bits per heavy atom. The molecule has 18 heavy (non-hydrogen) atoms. The molecule has 1 N–H and O–H groups in total. The molecule has 1 fully saturated rings. The molecule has 0 radical (unpaired) electrons. The second-order valence-corrected chi connectivity index (χ2v) is 4.89. The fourth-order valence-electron chi connectivity index (χ4n) is 1.75. The van der Waals surface area contributed by atoms with Crippen LogP contribution in [0.25, 0.3) is 0 Å². The number of carbonyl (C=O) groups excluding carboxylic acids is 1. The quantitative estimate of drug-likeness (QED) is 0.920. The second kappa shape index (κ2) is 4.87. The van der Waals surface area contributed by atoms with Gasteiger partial charge in [-0.05, 0) is 25.0 Å². The summed E-state index contributed by atoms with van der Waals surface area (Å²) in [5.74, 6) is -0.0705. The van der Waals surface area contributed by atoms with Crippen molar-refractivity contribution >= 4 is 22.4 Å². The fourth-order valence-corrected chi connectivity index (χ4v) is 2.58. The fraction of sp³-hybridized carbons (Fsp3) is 0.364. The minimum atomic E-state index is -0.324. The van der Waals surface area contributed by atoms with Gasteiger partial charge in [0.15, 0.2) is 5.76 Å². The van der Waals surface area contributed by atoms with Crippen LogP contribution in [0.4, 0.5) is 5.13 Å². The number of nitrogens with one attached hydrogen (secondary N) is 1. The lowest BCUT2D eigenvalue weighted by Crippen LogP contribution is -2.10. The van der Waals surface area contributed by atoms with Crippen molar-refractivity contribution in [2.24, 2.45) is 0 Å². The van der Waals surface area contributed by atoms with Gasteiger partial charge in [-0.2, -0.15) is 0 Å². The Hall–Kier alpha value is -1.73. The number of hydrogen-bond acceptors (Lipinski definition) is 6. The van der Waals surface area contributed by atoms with Crippen molar-refractivity contribution in [2.75, 3.05) is 11.9 Å². The predicted molar refractivity (Wildman–Crippen MR) is 64.5 cm³/mol. The molecule has 1 atom stereocenters. The molecular formula is C11H11N3O3S. The summed E-state index contributed by atoms with van der Waals surface area (Å²) < 4.78 is 10.5. The first-order valence-corrected chi connectivity index (χ1v) is 6.44. The molecule has 7 heteroatoms. The Kier molecular flexibility index (Phi) is 3.07. The van der Waals surface area contributed by atoms with Crippen LogP contribution in [0.5, 0.6) is 0 Å². The minimum Gasteiger partial charge on any atom is -0.459 e. The van der Waals surface area contributed by atoms with Gasteiger partial charge >= 0.3 is 0 Å². The summed E-state index contributed by atoms with van der Waals surface area (Å²) in [6.45, 7) is 0.762. The number of hydrogen-bond donors (Lipinski definition) is 1. The molecule has 1 aliphatic rings. The molecule has 1 amide bonds. The molecule has 94 valence electrons. The van der Waals surface area contributed by atoms with E-state index in [1.807, 2.05) is 0 Å². The number of aromatic nitrogens is 2. The van der Waals surface area contributed by atoms with Crippen LogP contribution in [0.3, 0.4) is 0 Å². The number of ether oxygens (including phenoxy) is 1. The SMILES string of the molecule is O=C(Nc1nnc([C@H]2CCCO2)s1)c1ccco1. The smallest absolute Gasteiger partial charge is 0.293 e. The van der Waals surface area contributed by atoms with Crippen molar-refractivity contribution in [2.45, 2.75) is 18.9 Å². The number of rotatable bonds is 3. The Bertz CT molecular complexity index is 531. The molecule has 0 spiro atoms. The molecular weight excluding hydrogens is 254 g/mol. The van der Waals surface area contributed by atoms with Crippen LogP contribution < -0.4 is 5.32 Å². The van der Waals surface area contributed by atoms with E-state index in [2.05, 4.69) is 15.5 Å². The van der Waals surface area contributed by atoms with Crippen LogP contribution in [0.2, 0.25) is 0 Å². The molecule has 0 bridgehead atoms. The van der Waals surface area contributed by atoms with Gasteiger partial charge in [-0.15, -0.1) is 10.2 Å². The van der Waals surface area contributed by atoms with E-state index >= 15 is 0 Å². The van der Waals surface area contributed by atoms with E-state index in [9.17, 15) is 4.79 Å². The van der Waals surface area contributed by atoms with Gasteiger partial charge in [0.2, 0.25) is 5.13 Å². The molecule has 3 heterocycles. The maximum absolute atomic E-state index is 11.7. The number of amides is 1. The van der Waals surface area contributed by atoms with E-state index in [4.69, 9.17) is 9.15 Å². The van der Waals surface area contributed by atoms with E-state index in [0.717, 1.165) is 24.5 Å². The minimum absolute atomic E-state index is 0.0248. The Labute approximate surface area is 107 Å². The van der Waals surface area contributed by atoms with Crippen molar-refractivity contribution in [1.82, 2.24) is 10.2 Å². The zero-order chi connectivity index (χ0) is 12.4. The van der Waals surface area contributed by atoms with Crippen molar-refractivity contribution in [3.63, 3.8) is 0 Å². The standard InChI is InChI=1S/C11H11N3O3S/c15-9(7-3-1-5-16-7)12-11-14-13-10(18-11)8-4-2-6-17-8/h1,3,5,8H,2,4,6H2,(H,12,14,15)/t8-/m1/s1. The van der Waals surface area contributed by atoms with Gasteiger partial charge < -0.3 is 9.15 Å². The third-order valence-electron chi connectivity index (χ3n) is 2.61. The third-order valence-corrected chi connectivity index (χ3v) is 3.54. The van der Waals surface area contributed by atoms with Gasteiger partial charge in [0.05, 0.1) is 6.26 Å². The lowest BCUT2D eigenvalue weighted by atomic mass is 10.2. The van der Waals surface area contributed by atoms with Gasteiger partial charge in [0.1, 0.15) is 11.1 Å². The van der Waals surface area contributed by atoms with Crippen LogP contribution >= 0.6 is 11.3 Å². The molecule has 2 aromatic rings. The Balaban J connectivity index is 1.68. The maximum atomic E-state index is 11.7. The summed E-state index contributed by atoms with van der Waals surface area (Å²) in [7, 11) is 0. The third kappa shape index (κ3) is 2.27. The predicted octanol–water partition coefficient (Wildman–Crippen LogP) is 2.23. The molecule has 0 unspecified atom stereocenters. The molecule has 6 nitrogen and oxygen atoms in total. The van der Waals surface area contributed by atoms with Crippen LogP contribution in [0, 0.1) is 0 Å². The van der Waals surface area contributed by atoms with E-state index in [0.29, 0.717) is 5.13 Å². The lowest BCUT2D eigenvalue weighted by Gasteiger charge is -2.02. The first kappa shape index (κ1) is 11.4. The number of furan rings is 1. The zero-order valence-electron chi connectivity index (χ0n) is 9.46. The van der Waals surface area contributed by atoms with E-state index in [-0.39, 0.29) is 17.8 Å². The van der Waals surface area contributed by atoms with Crippen molar-refractivity contribution in [3.8, 4) is 0 Å². The lowest BCUT2D eigenvalue weighted by molar-refractivity contribution is 0.0996. The van der Waals surface area contributed by atoms with E-state index in [1.54, 1.807) is 12.1 Å². The summed E-state index contributed by atoms with van der Waals surface area (Å²) in [5.41, 5.74) is 0. The topological polar surface area (TPSA) is 77.2 Å². The Morgan fingerprint density at radius 3 is 3.17 bits per heavy atom. The van der Waals surface area contributed by atoms with Crippen LogP contribution in [0.1, 0.15) is 34.5 Å². The molecule has 0 aromatic carbocycles. The first-order chi connectivity index (χ1) is 8.83. The summed E-state index contributed by atoms with van der Waals surface area (Å²) in [6, 6.07) is 3.25. The van der Waals surface area contributed by atoms with Gasteiger partial charge in [0, 0.05) is 6.61 Å². The van der Waals surface area contributed by atoms with Gasteiger partial charge in [-0.25, -0.2) is 0 Å². The summed E-state index contributed by atoms with van der Waals surface area (Å²) in [6.07, 6.45) is 3.48. The van der Waals surface area contributed by atoms with Crippen LogP contribution in [-0.4, -0.2) is 22.7 Å². The first-order valence-electron chi connectivity index (χ1n) is 5.63.